The van der Waals surface area contributed by atoms with Crippen LogP contribution in [-0.2, 0) is 28.2 Å². The number of halogens is 1. The van der Waals surface area contributed by atoms with Crippen molar-refractivity contribution in [2.75, 3.05) is 29.6 Å². The van der Waals surface area contributed by atoms with E-state index in [4.69, 9.17) is 11.6 Å². The Morgan fingerprint density at radius 1 is 1.16 bits per heavy atom. The quantitative estimate of drug-likeness (QED) is 0.434. The van der Waals surface area contributed by atoms with E-state index in [1.54, 1.807) is 22.9 Å². The lowest BCUT2D eigenvalue weighted by molar-refractivity contribution is -0.122. The maximum Gasteiger partial charge on any atom is 0.255 e. The predicted octanol–water partition coefficient (Wildman–Crippen LogP) is 3.36. The molecule has 1 saturated heterocycles. The lowest BCUT2D eigenvalue weighted by atomic mass is 9.93. The summed E-state index contributed by atoms with van der Waals surface area (Å²) < 4.78 is 26.1. The highest BCUT2D eigenvalue weighted by Crippen LogP contribution is 2.31. The maximum atomic E-state index is 12.9. The Morgan fingerprint density at radius 2 is 1.89 bits per heavy atom. The van der Waals surface area contributed by atoms with Crippen LogP contribution in [0.3, 0.4) is 0 Å². The summed E-state index contributed by atoms with van der Waals surface area (Å²) in [5.41, 5.74) is 2.51. The van der Waals surface area contributed by atoms with Crippen molar-refractivity contribution in [1.82, 2.24) is 20.1 Å². The number of carbonyl (C=O) groups is 2. The molecule has 0 unspecified atom stereocenters. The molecule has 1 aromatic carbocycles. The number of piperidine rings is 1. The molecule has 12 heteroatoms. The van der Waals surface area contributed by atoms with Crippen LogP contribution < -0.4 is 15.5 Å². The molecule has 3 aromatic rings. The van der Waals surface area contributed by atoms with Gasteiger partial charge in [-0.15, -0.1) is 0 Å². The summed E-state index contributed by atoms with van der Waals surface area (Å²) in [5.74, 6) is 0.255. The van der Waals surface area contributed by atoms with Crippen molar-refractivity contribution in [1.29, 1.82) is 0 Å². The Balaban J connectivity index is 1.41. The van der Waals surface area contributed by atoms with Crippen molar-refractivity contribution >= 4 is 44.8 Å². The summed E-state index contributed by atoms with van der Waals surface area (Å²) in [4.78, 5) is 31.8. The SMILES string of the molecule is Cc1cc(CNC(=O)CC2CCN(c3ncc(S(C)(=O)=O)cc3NC(=O)c3cccc(Cl)c3)CC2)nn1C. The highest BCUT2D eigenvalue weighted by molar-refractivity contribution is 7.90. The monoisotopic (exact) mass is 558 g/mol. The highest BCUT2D eigenvalue weighted by Gasteiger charge is 2.25. The van der Waals surface area contributed by atoms with Gasteiger partial charge >= 0.3 is 0 Å². The average molecular weight is 559 g/mol. The number of amides is 2. The lowest BCUT2D eigenvalue weighted by Crippen LogP contribution is -2.37. The van der Waals surface area contributed by atoms with Gasteiger partial charge in [0.05, 0.1) is 22.8 Å². The maximum absolute atomic E-state index is 12.9. The predicted molar refractivity (Wildman–Crippen MR) is 146 cm³/mol. The number of anilines is 2. The molecule has 202 valence electrons. The fourth-order valence-corrected chi connectivity index (χ4v) is 5.17. The smallest absolute Gasteiger partial charge is 0.255 e. The molecule has 2 amide bonds. The molecule has 1 aliphatic heterocycles. The molecule has 0 atom stereocenters. The summed E-state index contributed by atoms with van der Waals surface area (Å²) in [6.45, 7) is 3.58. The molecule has 0 bridgehead atoms. The Labute approximate surface area is 227 Å². The topological polar surface area (TPSA) is 126 Å². The zero-order valence-electron chi connectivity index (χ0n) is 21.6. The molecule has 1 fully saturated rings. The first-order valence-corrected chi connectivity index (χ1v) is 14.5. The number of hydrogen-bond donors (Lipinski definition) is 2. The van der Waals surface area contributed by atoms with Crippen LogP contribution in [0.4, 0.5) is 11.5 Å². The molecule has 2 N–H and O–H groups in total. The molecule has 2 aromatic heterocycles. The van der Waals surface area contributed by atoms with Crippen LogP contribution in [0.1, 0.15) is 41.0 Å². The summed E-state index contributed by atoms with van der Waals surface area (Å²) in [6.07, 6.45) is 4.33. The third-order valence-corrected chi connectivity index (χ3v) is 7.94. The van der Waals surface area contributed by atoms with Gasteiger partial charge in [-0.1, -0.05) is 17.7 Å². The summed E-state index contributed by atoms with van der Waals surface area (Å²) >= 11 is 6.03. The lowest BCUT2D eigenvalue weighted by Gasteiger charge is -2.33. The van der Waals surface area contributed by atoms with Crippen molar-refractivity contribution in [3.05, 3.63) is 64.6 Å². The minimum absolute atomic E-state index is 0.0114. The van der Waals surface area contributed by atoms with Crippen molar-refractivity contribution in [3.8, 4) is 0 Å². The van der Waals surface area contributed by atoms with Gasteiger partial charge in [0.2, 0.25) is 5.91 Å². The first-order valence-electron chi connectivity index (χ1n) is 12.3. The second kappa shape index (κ2) is 11.5. The fourth-order valence-electron chi connectivity index (χ4n) is 4.40. The number of nitrogens with zero attached hydrogens (tertiary/aromatic N) is 4. The molecular weight excluding hydrogens is 528 g/mol. The summed E-state index contributed by atoms with van der Waals surface area (Å²) in [7, 11) is -1.67. The second-order valence-corrected chi connectivity index (χ2v) is 12.0. The van der Waals surface area contributed by atoms with E-state index in [1.807, 2.05) is 24.9 Å². The Kier molecular flexibility index (Phi) is 8.37. The van der Waals surface area contributed by atoms with E-state index >= 15 is 0 Å². The van der Waals surface area contributed by atoms with E-state index in [9.17, 15) is 18.0 Å². The molecule has 1 aliphatic rings. The van der Waals surface area contributed by atoms with Crippen LogP contribution >= 0.6 is 11.6 Å². The molecule has 0 saturated carbocycles. The molecule has 38 heavy (non-hydrogen) atoms. The zero-order valence-corrected chi connectivity index (χ0v) is 23.1. The second-order valence-electron chi connectivity index (χ2n) is 9.59. The number of carbonyl (C=O) groups excluding carboxylic acids is 2. The van der Waals surface area contributed by atoms with Gasteiger partial charge in [0.1, 0.15) is 0 Å². The van der Waals surface area contributed by atoms with Gasteiger partial charge in [0, 0.05) is 55.3 Å². The van der Waals surface area contributed by atoms with Crippen molar-refractivity contribution in [3.63, 3.8) is 0 Å². The van der Waals surface area contributed by atoms with Crippen LogP contribution in [-0.4, -0.2) is 54.3 Å². The fraction of sp³-hybridized carbons (Fsp3) is 0.385. The van der Waals surface area contributed by atoms with Crippen molar-refractivity contribution < 1.29 is 18.0 Å². The van der Waals surface area contributed by atoms with Crippen LogP contribution in [0, 0.1) is 12.8 Å². The summed E-state index contributed by atoms with van der Waals surface area (Å²) in [5, 5.41) is 10.5. The van der Waals surface area contributed by atoms with Crippen LogP contribution in [0.5, 0.6) is 0 Å². The van der Waals surface area contributed by atoms with Crippen molar-refractivity contribution in [2.24, 2.45) is 13.0 Å². The minimum Gasteiger partial charge on any atom is -0.355 e. The van der Waals surface area contributed by atoms with Gasteiger partial charge in [-0.05, 0) is 56.0 Å². The van der Waals surface area contributed by atoms with Gasteiger partial charge in [-0.3, -0.25) is 14.3 Å². The molecule has 0 radical (unpaired) electrons. The van der Waals surface area contributed by atoms with Gasteiger partial charge in [-0.25, -0.2) is 13.4 Å². The molecule has 4 rings (SSSR count). The molecule has 10 nitrogen and oxygen atoms in total. The number of pyridine rings is 1. The largest absolute Gasteiger partial charge is 0.355 e. The van der Waals surface area contributed by atoms with Gasteiger partial charge in [0.25, 0.3) is 5.91 Å². The normalized spacial score (nSPS) is 14.4. The van der Waals surface area contributed by atoms with Gasteiger partial charge < -0.3 is 15.5 Å². The van der Waals surface area contributed by atoms with E-state index in [0.717, 1.165) is 30.5 Å². The number of rotatable bonds is 8. The van der Waals surface area contributed by atoms with Gasteiger partial charge in [-0.2, -0.15) is 5.10 Å². The molecule has 0 aliphatic carbocycles. The number of aromatic nitrogens is 3. The number of hydrogen-bond acceptors (Lipinski definition) is 7. The Bertz CT molecular complexity index is 1430. The average Bonchev–Trinajstić information content (AvgIpc) is 3.19. The summed E-state index contributed by atoms with van der Waals surface area (Å²) in [6, 6.07) is 9.87. The van der Waals surface area contributed by atoms with E-state index in [0.29, 0.717) is 48.1 Å². The van der Waals surface area contributed by atoms with Crippen LogP contribution in [0.25, 0.3) is 0 Å². The highest BCUT2D eigenvalue weighted by atomic mass is 35.5. The Hall–Kier alpha value is -3.44. The molecule has 3 heterocycles. The third-order valence-electron chi connectivity index (χ3n) is 6.62. The first-order chi connectivity index (χ1) is 18.0. The first kappa shape index (κ1) is 27.6. The van der Waals surface area contributed by atoms with Crippen molar-refractivity contribution in [2.45, 2.75) is 37.6 Å². The zero-order chi connectivity index (χ0) is 27.4. The van der Waals surface area contributed by atoms with Crippen LogP contribution in [0.15, 0.2) is 47.5 Å². The van der Waals surface area contributed by atoms with E-state index in [1.165, 1.54) is 18.3 Å². The number of sulfone groups is 1. The number of nitrogens with one attached hydrogen (secondary N) is 2. The number of benzene rings is 1. The number of aryl methyl sites for hydroxylation is 2. The van der Waals surface area contributed by atoms with E-state index in [2.05, 4.69) is 20.7 Å². The third kappa shape index (κ3) is 6.90. The van der Waals surface area contributed by atoms with E-state index < -0.39 is 15.7 Å². The van der Waals surface area contributed by atoms with E-state index in [-0.39, 0.29) is 16.7 Å². The molecular formula is C26H31ClN6O4S. The van der Waals surface area contributed by atoms with Crippen LogP contribution in [0.2, 0.25) is 5.02 Å². The Morgan fingerprint density at radius 3 is 2.53 bits per heavy atom. The standard InChI is InChI=1S/C26H31ClN6O4S/c1-17-11-21(31-32(17)2)15-28-24(34)12-18-7-9-33(10-8-18)25-23(14-22(16-29-25)38(3,36)37)30-26(35)19-5-4-6-20(27)13-19/h4-6,11,13-14,16,18H,7-10,12,15H2,1-3H3,(H,28,34)(H,30,35). The van der Waals surface area contributed by atoms with Gasteiger partial charge in [0.15, 0.2) is 15.7 Å². The minimum atomic E-state index is -3.53. The molecule has 0 spiro atoms.